The number of hydrogen-bond donors (Lipinski definition) is 2. The van der Waals surface area contributed by atoms with Crippen molar-refractivity contribution in [3.05, 3.63) is 93.7 Å². The molecule has 2 heterocycles. The maximum absolute atomic E-state index is 13.2. The van der Waals surface area contributed by atoms with Crippen molar-refractivity contribution in [2.45, 2.75) is 44.4 Å². The zero-order valence-electron chi connectivity index (χ0n) is 20.9. The zero-order chi connectivity index (χ0) is 24.5. The van der Waals surface area contributed by atoms with Gasteiger partial charge in [-0.05, 0) is 87.5 Å². The Morgan fingerprint density at radius 2 is 1.57 bits per heavy atom. The van der Waals surface area contributed by atoms with Crippen LogP contribution in [0.4, 0.5) is 0 Å². The van der Waals surface area contributed by atoms with Gasteiger partial charge in [-0.25, -0.2) is 0 Å². The molecule has 186 valence electrons. The highest BCUT2D eigenvalue weighted by Gasteiger charge is 2.49. The molecule has 0 aliphatic carbocycles. The number of nitrogens with zero attached hydrogens (tertiary/aromatic N) is 1. The third-order valence-corrected chi connectivity index (χ3v) is 8.58. The van der Waals surface area contributed by atoms with E-state index in [9.17, 15) is 4.79 Å². The fourth-order valence-electron chi connectivity index (χ4n) is 5.65. The smallest absolute Gasteiger partial charge is 0.232 e. The van der Waals surface area contributed by atoms with Crippen molar-refractivity contribution in [2.24, 2.45) is 11.7 Å². The lowest BCUT2D eigenvalue weighted by atomic mass is 9.64. The third kappa shape index (κ3) is 6.03. The monoisotopic (exact) mass is 489 g/mol. The van der Waals surface area contributed by atoms with Gasteiger partial charge in [0.05, 0.1) is 0 Å². The molecular weight excluding hydrogens is 450 g/mol. The first-order chi connectivity index (χ1) is 17.1. The standard InChI is InChI=1S/C30H39N3OS/c1-2-32-20-9-15-27-17-18-28(35-27)16-10-21-33-22-19-26(23-33)30(29(31)34,24-11-5-3-6-12-24)25-13-7-4-8-14-25/h3-8,11-14,17-18,26,32H,2,9-10,15-16,19-23H2,1H3,(H2,31,34)/t26-/m1/s1. The van der Waals surface area contributed by atoms with E-state index in [0.29, 0.717) is 0 Å². The van der Waals surface area contributed by atoms with E-state index in [0.717, 1.165) is 63.1 Å². The van der Waals surface area contributed by atoms with Gasteiger partial charge in [-0.2, -0.15) is 0 Å². The van der Waals surface area contributed by atoms with Crippen molar-refractivity contribution in [1.29, 1.82) is 0 Å². The van der Waals surface area contributed by atoms with Crippen LogP contribution in [0.15, 0.2) is 72.8 Å². The van der Waals surface area contributed by atoms with Crippen LogP contribution >= 0.6 is 11.3 Å². The molecule has 1 aliphatic heterocycles. The van der Waals surface area contributed by atoms with Crippen LogP contribution in [0.1, 0.15) is 47.1 Å². The number of benzene rings is 2. The van der Waals surface area contributed by atoms with Crippen molar-refractivity contribution in [2.75, 3.05) is 32.7 Å². The molecule has 1 amide bonds. The van der Waals surface area contributed by atoms with Gasteiger partial charge in [0.2, 0.25) is 5.91 Å². The van der Waals surface area contributed by atoms with Crippen molar-refractivity contribution in [3.63, 3.8) is 0 Å². The van der Waals surface area contributed by atoms with E-state index in [4.69, 9.17) is 5.73 Å². The number of carbonyl (C=O) groups is 1. The molecule has 0 spiro atoms. The van der Waals surface area contributed by atoms with E-state index in [1.807, 2.05) is 47.7 Å². The van der Waals surface area contributed by atoms with Crippen LogP contribution in [-0.4, -0.2) is 43.5 Å². The van der Waals surface area contributed by atoms with Crippen LogP contribution in [0.25, 0.3) is 0 Å². The number of likely N-dealkylation sites (tertiary alicyclic amines) is 1. The fourth-order valence-corrected chi connectivity index (χ4v) is 6.75. The average Bonchev–Trinajstić information content (AvgIpc) is 3.54. The van der Waals surface area contributed by atoms with E-state index in [2.05, 4.69) is 53.5 Å². The summed E-state index contributed by atoms with van der Waals surface area (Å²) in [7, 11) is 0. The van der Waals surface area contributed by atoms with E-state index < -0.39 is 5.41 Å². The molecule has 0 bridgehead atoms. The largest absolute Gasteiger partial charge is 0.369 e. The van der Waals surface area contributed by atoms with Crippen molar-refractivity contribution >= 4 is 17.2 Å². The SMILES string of the molecule is CCNCCCc1ccc(CCCN2CC[C@@H](C(C(N)=O)(c3ccccc3)c3ccccc3)C2)s1. The first-order valence-electron chi connectivity index (χ1n) is 13.1. The topological polar surface area (TPSA) is 58.4 Å². The quantitative estimate of drug-likeness (QED) is 0.332. The van der Waals surface area contributed by atoms with Gasteiger partial charge >= 0.3 is 0 Å². The number of rotatable bonds is 13. The minimum Gasteiger partial charge on any atom is -0.369 e. The second kappa shape index (κ2) is 12.5. The predicted octanol–water partition coefficient (Wildman–Crippen LogP) is 5.02. The van der Waals surface area contributed by atoms with E-state index >= 15 is 0 Å². The van der Waals surface area contributed by atoms with Gasteiger partial charge in [-0.3, -0.25) is 4.79 Å². The lowest BCUT2D eigenvalue weighted by molar-refractivity contribution is -0.123. The summed E-state index contributed by atoms with van der Waals surface area (Å²) in [4.78, 5) is 18.7. The molecule has 3 N–H and O–H groups in total. The molecule has 1 aliphatic rings. The minimum atomic E-state index is -0.799. The molecule has 0 radical (unpaired) electrons. The van der Waals surface area contributed by atoms with Gasteiger partial charge in [0.25, 0.3) is 0 Å². The Morgan fingerprint density at radius 3 is 2.14 bits per heavy atom. The van der Waals surface area contributed by atoms with Crippen LogP contribution in [0.2, 0.25) is 0 Å². The Hall–Kier alpha value is -2.47. The molecule has 1 atom stereocenters. The lowest BCUT2D eigenvalue weighted by Gasteiger charge is -2.37. The van der Waals surface area contributed by atoms with Gasteiger partial charge in [-0.15, -0.1) is 11.3 Å². The van der Waals surface area contributed by atoms with Gasteiger partial charge in [0.1, 0.15) is 5.41 Å². The van der Waals surface area contributed by atoms with Gasteiger partial charge in [0.15, 0.2) is 0 Å². The number of aryl methyl sites for hydroxylation is 2. The van der Waals surface area contributed by atoms with Gasteiger partial charge in [0, 0.05) is 16.3 Å². The molecule has 5 heteroatoms. The van der Waals surface area contributed by atoms with Crippen molar-refractivity contribution < 1.29 is 4.79 Å². The number of nitrogens with two attached hydrogens (primary N) is 1. The first kappa shape index (κ1) is 25.6. The summed E-state index contributed by atoms with van der Waals surface area (Å²) in [6.07, 6.45) is 5.61. The minimum absolute atomic E-state index is 0.162. The molecule has 3 aromatic rings. The molecular formula is C30H39N3OS. The number of amides is 1. The summed E-state index contributed by atoms with van der Waals surface area (Å²) in [6, 6.07) is 24.9. The van der Waals surface area contributed by atoms with E-state index in [1.165, 1.54) is 22.6 Å². The van der Waals surface area contributed by atoms with Crippen LogP contribution in [0.5, 0.6) is 0 Å². The Balaban J connectivity index is 1.39. The highest BCUT2D eigenvalue weighted by atomic mass is 32.1. The fraction of sp³-hybridized carbons (Fsp3) is 0.433. The number of nitrogens with one attached hydrogen (secondary N) is 1. The van der Waals surface area contributed by atoms with Crippen molar-refractivity contribution in [3.8, 4) is 0 Å². The first-order valence-corrected chi connectivity index (χ1v) is 13.9. The zero-order valence-corrected chi connectivity index (χ0v) is 21.7. The third-order valence-electron chi connectivity index (χ3n) is 7.37. The van der Waals surface area contributed by atoms with E-state index in [-0.39, 0.29) is 11.8 Å². The van der Waals surface area contributed by atoms with Gasteiger partial charge in [-0.1, -0.05) is 67.6 Å². The van der Waals surface area contributed by atoms with Gasteiger partial charge < -0.3 is 16.0 Å². The Bertz CT molecular complexity index is 1010. The molecule has 1 saturated heterocycles. The number of thiophene rings is 1. The normalized spacial score (nSPS) is 16.5. The molecule has 0 unspecified atom stereocenters. The second-order valence-electron chi connectivity index (χ2n) is 9.62. The molecule has 1 aromatic heterocycles. The summed E-state index contributed by atoms with van der Waals surface area (Å²) >= 11 is 1.97. The summed E-state index contributed by atoms with van der Waals surface area (Å²) < 4.78 is 0. The van der Waals surface area contributed by atoms with Crippen molar-refractivity contribution in [1.82, 2.24) is 10.2 Å². The number of hydrogen-bond acceptors (Lipinski definition) is 4. The second-order valence-corrected chi connectivity index (χ2v) is 10.9. The molecule has 0 saturated carbocycles. The highest BCUT2D eigenvalue weighted by Crippen LogP contribution is 2.43. The molecule has 1 fully saturated rings. The number of primary amides is 1. The van der Waals surface area contributed by atoms with Crippen LogP contribution in [0.3, 0.4) is 0 Å². The molecule has 2 aromatic carbocycles. The summed E-state index contributed by atoms with van der Waals surface area (Å²) in [6.45, 7) is 7.26. The van der Waals surface area contributed by atoms with E-state index in [1.54, 1.807) is 0 Å². The van der Waals surface area contributed by atoms with Crippen LogP contribution in [-0.2, 0) is 23.1 Å². The summed E-state index contributed by atoms with van der Waals surface area (Å²) in [5.74, 6) is -0.0862. The predicted molar refractivity (Wildman–Crippen MR) is 147 cm³/mol. The Kier molecular flexibility index (Phi) is 9.13. The molecule has 35 heavy (non-hydrogen) atoms. The maximum Gasteiger partial charge on any atom is 0.232 e. The maximum atomic E-state index is 13.2. The highest BCUT2D eigenvalue weighted by molar-refractivity contribution is 7.11. The van der Waals surface area contributed by atoms with Crippen LogP contribution < -0.4 is 11.1 Å². The summed E-state index contributed by atoms with van der Waals surface area (Å²) in [5, 5.41) is 3.40. The van der Waals surface area contributed by atoms with Crippen LogP contribution in [0, 0.1) is 5.92 Å². The number of carbonyl (C=O) groups excluding carboxylic acids is 1. The molecule has 4 nitrogen and oxygen atoms in total. The molecule has 4 rings (SSSR count). The average molecular weight is 490 g/mol. The lowest BCUT2D eigenvalue weighted by Crippen LogP contribution is -2.49. The Morgan fingerprint density at radius 1 is 0.971 bits per heavy atom. The summed E-state index contributed by atoms with van der Waals surface area (Å²) in [5.41, 5.74) is 7.44. The Labute approximate surface area is 214 Å².